The Morgan fingerprint density at radius 3 is 1.82 bits per heavy atom. The van der Waals surface area contributed by atoms with E-state index in [1.165, 1.54) is 28.0 Å². The second kappa shape index (κ2) is 16.3. The van der Waals surface area contributed by atoms with E-state index < -0.39 is 24.0 Å². The van der Waals surface area contributed by atoms with Crippen molar-refractivity contribution >= 4 is 17.6 Å². The fourth-order valence-corrected chi connectivity index (χ4v) is 4.17. The maximum atomic E-state index is 13.7. The van der Waals surface area contributed by atoms with Crippen LogP contribution in [0, 0.1) is 0 Å². The zero-order valence-corrected chi connectivity index (χ0v) is 22.7. The maximum Gasteiger partial charge on any atom is 0.260 e. The topological polar surface area (TPSA) is 170 Å². The highest BCUT2D eigenvalue weighted by Crippen LogP contribution is 2.31. The largest absolute Gasteiger partial charge is 0.484 e. The van der Waals surface area contributed by atoms with Crippen LogP contribution in [0.15, 0.2) is 18.2 Å². The number of nitrogens with zero attached hydrogens (tertiary/aromatic N) is 3. The van der Waals surface area contributed by atoms with Crippen molar-refractivity contribution in [3.05, 3.63) is 23.8 Å². The average molecular weight is 556 g/mol. The molecule has 2 rings (SSSR count). The summed E-state index contributed by atoms with van der Waals surface area (Å²) in [5.41, 5.74) is -0.685. The molecule has 1 heterocycles. The first-order chi connectivity index (χ1) is 18.7. The number of Topliss-reactive ketones (excluding diaryl/α,β-unsaturated/α-hetero) is 1. The van der Waals surface area contributed by atoms with Crippen molar-refractivity contribution in [2.24, 2.45) is 0 Å². The van der Waals surface area contributed by atoms with Crippen LogP contribution in [0.25, 0.3) is 0 Å². The van der Waals surface area contributed by atoms with E-state index in [4.69, 9.17) is 24.4 Å². The molecule has 0 aliphatic carbocycles. The highest BCUT2D eigenvalue weighted by molar-refractivity contribution is 6.05. The van der Waals surface area contributed by atoms with E-state index in [9.17, 15) is 24.6 Å². The number of rotatable bonds is 17. The van der Waals surface area contributed by atoms with Gasteiger partial charge in [0.05, 0.1) is 50.7 Å². The molecule has 1 aliphatic rings. The Hall–Kier alpha value is -2.81. The number of benzene rings is 1. The highest BCUT2D eigenvalue weighted by atomic mass is 16.5. The first-order valence-corrected chi connectivity index (χ1v) is 13.0. The number of ketones is 1. The van der Waals surface area contributed by atoms with Crippen LogP contribution in [0.2, 0.25) is 0 Å². The van der Waals surface area contributed by atoms with Gasteiger partial charge >= 0.3 is 0 Å². The zero-order chi connectivity index (χ0) is 28.8. The standard InChI is InChI=1S/C26H41N3O10/c1-26(2,29-9-15-37-16-10-29)25(36)21-4-3-20(38-18-23(34)27(5-11-30)6-12-31)17-22(21)39-19-24(35)28(7-13-32)8-14-33/h3-4,17,30-33H,5-16,18-19H2,1-2H3. The molecule has 1 aromatic carbocycles. The van der Waals surface area contributed by atoms with Gasteiger partial charge in [-0.2, -0.15) is 0 Å². The van der Waals surface area contributed by atoms with Gasteiger partial charge in [0, 0.05) is 45.3 Å². The SMILES string of the molecule is CC(C)(C(=O)c1ccc(OCC(=O)N(CCO)CCO)cc1OCC(=O)N(CCO)CCO)N1CCOCC1. The first-order valence-electron chi connectivity index (χ1n) is 13.0. The molecule has 0 aromatic heterocycles. The molecular weight excluding hydrogens is 514 g/mol. The summed E-state index contributed by atoms with van der Waals surface area (Å²) in [5.74, 6) is -0.895. The van der Waals surface area contributed by atoms with Gasteiger partial charge in [-0.1, -0.05) is 0 Å². The Balaban J connectivity index is 2.28. The molecule has 2 amide bonds. The molecule has 220 valence electrons. The number of carbonyl (C=O) groups excluding carboxylic acids is 3. The van der Waals surface area contributed by atoms with Crippen LogP contribution in [-0.4, -0.2) is 150 Å². The zero-order valence-electron chi connectivity index (χ0n) is 22.7. The van der Waals surface area contributed by atoms with Crippen LogP contribution >= 0.6 is 0 Å². The van der Waals surface area contributed by atoms with Crippen molar-refractivity contribution in [2.75, 3.05) is 92.1 Å². The van der Waals surface area contributed by atoms with Crippen molar-refractivity contribution in [3.8, 4) is 11.5 Å². The maximum absolute atomic E-state index is 13.7. The van der Waals surface area contributed by atoms with E-state index in [0.717, 1.165) is 0 Å². The smallest absolute Gasteiger partial charge is 0.260 e. The molecule has 0 saturated carbocycles. The van der Waals surface area contributed by atoms with Gasteiger partial charge in [-0.25, -0.2) is 0 Å². The fourth-order valence-electron chi connectivity index (χ4n) is 4.17. The van der Waals surface area contributed by atoms with E-state index >= 15 is 0 Å². The summed E-state index contributed by atoms with van der Waals surface area (Å²) >= 11 is 0. The quantitative estimate of drug-likeness (QED) is 0.163. The lowest BCUT2D eigenvalue weighted by molar-refractivity contribution is -0.134. The summed E-state index contributed by atoms with van der Waals surface area (Å²) in [7, 11) is 0. The third-order valence-electron chi connectivity index (χ3n) is 6.45. The summed E-state index contributed by atoms with van der Waals surface area (Å²) in [6, 6.07) is 4.47. The normalized spacial score (nSPS) is 14.1. The Morgan fingerprint density at radius 2 is 1.33 bits per heavy atom. The van der Waals surface area contributed by atoms with Crippen LogP contribution < -0.4 is 9.47 Å². The van der Waals surface area contributed by atoms with Crippen molar-refractivity contribution in [1.82, 2.24) is 14.7 Å². The number of aliphatic hydroxyl groups excluding tert-OH is 4. The van der Waals surface area contributed by atoms with Crippen LogP contribution in [0.5, 0.6) is 11.5 Å². The monoisotopic (exact) mass is 555 g/mol. The van der Waals surface area contributed by atoms with Gasteiger partial charge in [-0.15, -0.1) is 0 Å². The van der Waals surface area contributed by atoms with Crippen LogP contribution in [0.1, 0.15) is 24.2 Å². The van der Waals surface area contributed by atoms with Crippen molar-refractivity contribution in [1.29, 1.82) is 0 Å². The van der Waals surface area contributed by atoms with E-state index in [2.05, 4.69) is 0 Å². The summed E-state index contributed by atoms with van der Waals surface area (Å²) in [5, 5.41) is 36.8. The van der Waals surface area contributed by atoms with Crippen LogP contribution in [0.4, 0.5) is 0 Å². The summed E-state index contributed by atoms with van der Waals surface area (Å²) in [4.78, 5) is 43.4. The van der Waals surface area contributed by atoms with Gasteiger partial charge in [-0.3, -0.25) is 19.3 Å². The molecule has 13 heteroatoms. The number of ether oxygens (including phenoxy) is 3. The van der Waals surface area contributed by atoms with Crippen molar-refractivity contribution in [3.63, 3.8) is 0 Å². The molecule has 0 unspecified atom stereocenters. The number of hydrogen-bond donors (Lipinski definition) is 4. The summed E-state index contributed by atoms with van der Waals surface area (Å²) in [6.45, 7) is 3.94. The predicted molar refractivity (Wildman–Crippen MR) is 140 cm³/mol. The Morgan fingerprint density at radius 1 is 0.846 bits per heavy atom. The molecule has 1 aromatic rings. The van der Waals surface area contributed by atoms with Crippen LogP contribution in [0.3, 0.4) is 0 Å². The second-order valence-corrected chi connectivity index (χ2v) is 9.38. The van der Waals surface area contributed by atoms with E-state index in [1.807, 2.05) is 4.90 Å². The average Bonchev–Trinajstić information content (AvgIpc) is 2.94. The molecule has 0 bridgehead atoms. The number of hydrogen-bond acceptors (Lipinski definition) is 11. The third-order valence-corrected chi connectivity index (χ3v) is 6.45. The minimum Gasteiger partial charge on any atom is -0.484 e. The number of amides is 2. The van der Waals surface area contributed by atoms with Gasteiger partial charge < -0.3 is 44.4 Å². The minimum absolute atomic E-state index is 0.0159. The third kappa shape index (κ3) is 9.41. The minimum atomic E-state index is -0.904. The van der Waals surface area contributed by atoms with Gasteiger partial charge in [0.1, 0.15) is 11.5 Å². The number of carbonyl (C=O) groups is 3. The molecule has 1 fully saturated rings. The lowest BCUT2D eigenvalue weighted by Crippen LogP contribution is -2.54. The van der Waals surface area contributed by atoms with Gasteiger partial charge in [0.15, 0.2) is 19.0 Å². The Bertz CT molecular complexity index is 925. The lowest BCUT2D eigenvalue weighted by Gasteiger charge is -2.39. The van der Waals surface area contributed by atoms with E-state index in [-0.39, 0.29) is 82.1 Å². The van der Waals surface area contributed by atoms with Crippen molar-refractivity contribution in [2.45, 2.75) is 19.4 Å². The molecular formula is C26H41N3O10. The molecule has 39 heavy (non-hydrogen) atoms. The number of aliphatic hydroxyl groups is 4. The molecule has 0 spiro atoms. The van der Waals surface area contributed by atoms with E-state index in [1.54, 1.807) is 13.8 Å². The summed E-state index contributed by atoms with van der Waals surface area (Å²) in [6.07, 6.45) is 0. The van der Waals surface area contributed by atoms with Gasteiger partial charge in [-0.05, 0) is 26.0 Å². The molecule has 0 radical (unpaired) electrons. The molecule has 13 nitrogen and oxygen atoms in total. The second-order valence-electron chi connectivity index (χ2n) is 9.38. The Kier molecular flexibility index (Phi) is 13.6. The lowest BCUT2D eigenvalue weighted by atomic mass is 9.90. The first kappa shape index (κ1) is 32.4. The predicted octanol–water partition coefficient (Wildman–Crippen LogP) is -1.64. The fraction of sp³-hybridized carbons (Fsp3) is 0.654. The number of morpholine rings is 1. The van der Waals surface area contributed by atoms with Crippen LogP contribution in [-0.2, 0) is 14.3 Å². The van der Waals surface area contributed by atoms with E-state index in [0.29, 0.717) is 26.3 Å². The summed E-state index contributed by atoms with van der Waals surface area (Å²) < 4.78 is 16.8. The molecule has 1 saturated heterocycles. The molecule has 4 N–H and O–H groups in total. The Labute approximate surface area is 228 Å². The molecule has 1 aliphatic heterocycles. The molecule has 0 atom stereocenters. The van der Waals surface area contributed by atoms with Gasteiger partial charge in [0.25, 0.3) is 11.8 Å². The van der Waals surface area contributed by atoms with Crippen molar-refractivity contribution < 1.29 is 49.0 Å². The van der Waals surface area contributed by atoms with Gasteiger partial charge in [0.2, 0.25) is 0 Å². The highest BCUT2D eigenvalue weighted by Gasteiger charge is 2.37.